The van der Waals surface area contributed by atoms with Crippen LogP contribution in [0, 0.1) is 27.7 Å². The van der Waals surface area contributed by atoms with E-state index in [9.17, 15) is 19.2 Å². The van der Waals surface area contributed by atoms with Crippen LogP contribution in [0.25, 0.3) is 90.2 Å². The van der Waals surface area contributed by atoms with Gasteiger partial charge in [-0.2, -0.15) is 20.4 Å². The molecule has 0 atom stereocenters. The Morgan fingerprint density at radius 3 is 1.02 bits per heavy atom. The second kappa shape index (κ2) is 36.8. The number of pyridine rings is 4. The Bertz CT molecular complexity index is 6660. The van der Waals surface area contributed by atoms with Crippen LogP contribution in [0.2, 0.25) is 0 Å². The zero-order chi connectivity index (χ0) is 84.6. The largest absolute Gasteiger partial charge is 0.383 e. The SMILES string of the molecule is CCc1nc(C)cn2nc(-c3cc(=O)n4cc(N(C)CCN(C)C)ccc4n3)cc12.CCc1nc(C)cn2nc(-c3cc(=O)n4cc(N(C)CCNC)ccc4n3)cc12.CCc1nc(C)cn2nc(-c3cc(=O)n4cc(NCCN(C)C)ccc4n3)cc12.CCc1nc(C)cn2nc(-c3cc(=O)n4cc(NCCN5CCOCC5)ccc4n3)cc12. The highest BCUT2D eigenvalue weighted by molar-refractivity contribution is 5.71. The van der Waals surface area contributed by atoms with Crippen molar-refractivity contribution in [2.45, 2.75) is 81.1 Å². The van der Waals surface area contributed by atoms with Gasteiger partial charge in [-0.1, -0.05) is 27.7 Å². The Morgan fingerprint density at radius 1 is 0.358 bits per heavy atom. The van der Waals surface area contributed by atoms with Gasteiger partial charge in [-0.25, -0.2) is 38.0 Å². The monoisotopic (exact) mass is 1620 g/mol. The highest BCUT2D eigenvalue weighted by atomic mass is 16.5. The minimum Gasteiger partial charge on any atom is -0.383 e. The number of aromatic nitrogens is 20. The quantitative estimate of drug-likeness (QED) is 0.0510. The number of hydrogen-bond acceptors (Lipinski definition) is 25. The maximum atomic E-state index is 12.9. The van der Waals surface area contributed by atoms with Gasteiger partial charge in [0, 0.05) is 129 Å². The van der Waals surface area contributed by atoms with E-state index in [-0.39, 0.29) is 22.2 Å². The van der Waals surface area contributed by atoms with Gasteiger partial charge in [-0.15, -0.1) is 0 Å². The number of likely N-dealkylation sites (N-methyl/N-ethyl adjacent to an activating group) is 5. The fourth-order valence-electron chi connectivity index (χ4n) is 14.3. The molecule has 120 heavy (non-hydrogen) atoms. The maximum Gasteiger partial charge on any atom is 0.258 e. The van der Waals surface area contributed by atoms with Crippen molar-refractivity contribution in [3.05, 3.63) is 234 Å². The van der Waals surface area contributed by atoms with Gasteiger partial charge < -0.3 is 40.3 Å². The summed E-state index contributed by atoms with van der Waals surface area (Å²) in [6, 6.07) is 29.3. The molecule has 622 valence electrons. The Morgan fingerprint density at radius 2 is 0.683 bits per heavy atom. The first kappa shape index (κ1) is 83.4. The maximum absolute atomic E-state index is 12.9. The summed E-state index contributed by atoms with van der Waals surface area (Å²) in [5, 5.41) is 28.4. The van der Waals surface area contributed by atoms with Gasteiger partial charge in [0.1, 0.15) is 45.4 Å². The normalized spacial score (nSPS) is 12.5. The van der Waals surface area contributed by atoms with Gasteiger partial charge >= 0.3 is 0 Å². The van der Waals surface area contributed by atoms with Crippen molar-refractivity contribution in [3.8, 4) is 45.6 Å². The summed E-state index contributed by atoms with van der Waals surface area (Å²) in [7, 11) is 14.1. The Kier molecular flexibility index (Phi) is 25.6. The topological polar surface area (TPSA) is 320 Å². The van der Waals surface area contributed by atoms with E-state index >= 15 is 0 Å². The fraction of sp³-hybridized carbons (Fsp3) is 0.356. The van der Waals surface area contributed by atoms with Crippen LogP contribution in [0.3, 0.4) is 0 Å². The predicted octanol–water partition coefficient (Wildman–Crippen LogP) is 8.47. The summed E-state index contributed by atoms with van der Waals surface area (Å²) in [6.07, 6.45) is 18.1. The molecule has 0 spiro atoms. The molecule has 3 N–H and O–H groups in total. The van der Waals surface area contributed by atoms with Gasteiger partial charge in [0.15, 0.2) is 0 Å². The van der Waals surface area contributed by atoms with Crippen LogP contribution >= 0.6 is 0 Å². The third kappa shape index (κ3) is 19.0. The van der Waals surface area contributed by atoms with E-state index in [1.54, 1.807) is 36.1 Å². The first-order valence-corrected chi connectivity index (χ1v) is 40.6. The summed E-state index contributed by atoms with van der Waals surface area (Å²) < 4.78 is 19.0. The minimum atomic E-state index is -0.136. The summed E-state index contributed by atoms with van der Waals surface area (Å²) in [6.45, 7) is 26.6. The van der Waals surface area contributed by atoms with Crippen LogP contribution in [0.5, 0.6) is 0 Å². The lowest BCUT2D eigenvalue weighted by atomic mass is 10.2. The number of nitrogens with zero attached hydrogens (tertiary/aromatic N) is 25. The average molecular weight is 1620 g/mol. The minimum absolute atomic E-state index is 0.125. The Hall–Kier alpha value is -13.1. The number of nitrogens with one attached hydrogen (secondary N) is 3. The smallest absolute Gasteiger partial charge is 0.258 e. The third-order valence-electron chi connectivity index (χ3n) is 20.8. The molecule has 0 radical (unpaired) electrons. The van der Waals surface area contributed by atoms with Crippen molar-refractivity contribution >= 4 is 67.4 Å². The van der Waals surface area contributed by atoms with E-state index in [1.807, 2.05) is 205 Å². The van der Waals surface area contributed by atoms with Crippen LogP contribution in [0.15, 0.2) is 166 Å². The Balaban J connectivity index is 0.000000131. The van der Waals surface area contributed by atoms with Crippen molar-refractivity contribution < 1.29 is 4.74 Å². The molecule has 1 saturated heterocycles. The molecule has 0 aliphatic carbocycles. The zero-order valence-corrected chi connectivity index (χ0v) is 70.9. The van der Waals surface area contributed by atoms with Gasteiger partial charge in [-0.05, 0) is 161 Å². The number of aryl methyl sites for hydroxylation is 8. The zero-order valence-electron chi connectivity index (χ0n) is 70.9. The molecule has 33 heteroatoms. The molecule has 0 saturated carbocycles. The lowest BCUT2D eigenvalue weighted by molar-refractivity contribution is 0.0398. The van der Waals surface area contributed by atoms with E-state index in [1.165, 1.54) is 18.2 Å². The van der Waals surface area contributed by atoms with Gasteiger partial charge in [0.05, 0.1) is 151 Å². The number of rotatable bonds is 24. The van der Waals surface area contributed by atoms with E-state index in [2.05, 4.69) is 118 Å². The molecule has 1 aliphatic rings. The first-order valence-electron chi connectivity index (χ1n) is 40.6. The molecule has 0 amide bonds. The van der Waals surface area contributed by atoms with Crippen molar-refractivity contribution in [1.29, 1.82) is 0 Å². The number of anilines is 4. The van der Waals surface area contributed by atoms with Gasteiger partial charge in [0.25, 0.3) is 22.2 Å². The lowest BCUT2D eigenvalue weighted by Crippen LogP contribution is -2.39. The average Bonchev–Trinajstić information content (AvgIpc) is 1.53. The van der Waals surface area contributed by atoms with Crippen molar-refractivity contribution in [3.63, 3.8) is 0 Å². The lowest BCUT2D eigenvalue weighted by Gasteiger charge is -2.26. The molecule has 16 aromatic rings. The molecule has 33 nitrogen and oxygen atoms in total. The van der Waals surface area contributed by atoms with Crippen molar-refractivity contribution in [1.82, 2.24) is 116 Å². The number of fused-ring (bicyclic) bond motifs is 8. The number of ether oxygens (including phenoxy) is 1. The summed E-state index contributed by atoms with van der Waals surface area (Å²) >= 11 is 0. The number of hydrogen-bond donors (Lipinski definition) is 3. The van der Waals surface area contributed by atoms with Gasteiger partial charge in [-0.3, -0.25) is 61.6 Å². The van der Waals surface area contributed by atoms with E-state index in [0.717, 1.165) is 195 Å². The van der Waals surface area contributed by atoms with E-state index in [0.29, 0.717) is 68.1 Å². The molecular weight excluding hydrogens is 1520 g/mol. The fourth-order valence-corrected chi connectivity index (χ4v) is 14.3. The van der Waals surface area contributed by atoms with E-state index in [4.69, 9.17) is 14.7 Å². The molecular formula is C87H104N28O5. The van der Waals surface area contributed by atoms with Crippen LogP contribution in [-0.4, -0.2) is 239 Å². The molecule has 17 rings (SSSR count). The highest BCUT2D eigenvalue weighted by Crippen LogP contribution is 2.27. The molecule has 0 bridgehead atoms. The first-order chi connectivity index (χ1) is 57.9. The van der Waals surface area contributed by atoms with Crippen LogP contribution in [0.1, 0.15) is 73.2 Å². The molecule has 16 aromatic heterocycles. The molecule has 1 aliphatic heterocycles. The standard InChI is InChI=1S/C23H27N7O2.C22H27N7O.2C21H25N7O/c1-3-18-21-12-20(27-30(21)14-16(2)25-18)19-13-23(31)29-15-17(4-5-22(29)26-19)24-6-7-28-8-10-32-11-9-28;1-6-17-20-11-19(25-29(20)13-15(2)23-17)18-12-22(30)28-14-16(7-8-21(28)24-18)27(5)10-9-26(3)4;1-5-16-19-10-18(25-28(19)12-14(2)23-16)17-11-21(29)27-13-15(6-7-20(27)24-17)22-8-9-26(3)4;1-5-16-19-10-18(25-28(19)12-14(2)23-16)17-11-21(29)27-13-15(6-7-20(27)24-17)26(4)9-8-22-3/h4-5,12-15,24H,3,6-11H2,1-2H3;7-8,11-14H,6,9-10H2,1-5H3;2*6-7,10-13,22H,5,8-9H2,1-4H3. The molecule has 17 heterocycles. The summed E-state index contributed by atoms with van der Waals surface area (Å²) in [5.41, 5.74) is 21.8. The van der Waals surface area contributed by atoms with E-state index < -0.39 is 0 Å². The van der Waals surface area contributed by atoms with Crippen LogP contribution in [0.4, 0.5) is 22.7 Å². The summed E-state index contributed by atoms with van der Waals surface area (Å²) in [4.78, 5) is 99.2. The van der Waals surface area contributed by atoms with Crippen LogP contribution < -0.4 is 48.0 Å². The number of morpholine rings is 1. The highest BCUT2D eigenvalue weighted by Gasteiger charge is 2.20. The second-order valence-corrected chi connectivity index (χ2v) is 30.5. The molecule has 1 fully saturated rings. The van der Waals surface area contributed by atoms with Crippen molar-refractivity contribution in [2.24, 2.45) is 0 Å². The van der Waals surface area contributed by atoms with Crippen molar-refractivity contribution in [2.75, 3.05) is 148 Å². The second-order valence-electron chi connectivity index (χ2n) is 30.5. The Labute approximate surface area is 693 Å². The molecule has 0 unspecified atom stereocenters. The molecule has 0 aromatic carbocycles. The van der Waals surface area contributed by atoms with Gasteiger partial charge in [0.2, 0.25) is 0 Å². The third-order valence-corrected chi connectivity index (χ3v) is 20.8. The van der Waals surface area contributed by atoms with Crippen LogP contribution in [-0.2, 0) is 30.4 Å². The predicted molar refractivity (Wildman–Crippen MR) is 472 cm³/mol. The summed E-state index contributed by atoms with van der Waals surface area (Å²) in [5.74, 6) is 0.